The summed E-state index contributed by atoms with van der Waals surface area (Å²) >= 11 is 5.24. The van der Waals surface area contributed by atoms with Gasteiger partial charge in [0, 0.05) is 47.9 Å². The highest BCUT2D eigenvalue weighted by molar-refractivity contribution is 9.10. The Labute approximate surface area is 218 Å². The molecule has 35 heavy (non-hydrogen) atoms. The van der Waals surface area contributed by atoms with Gasteiger partial charge in [-0.2, -0.15) is 9.61 Å². The molecule has 0 radical (unpaired) electrons. The fourth-order valence-corrected chi connectivity index (χ4v) is 5.85. The summed E-state index contributed by atoms with van der Waals surface area (Å²) in [6.07, 6.45) is 10.4. The maximum absolute atomic E-state index is 12.6. The summed E-state index contributed by atoms with van der Waals surface area (Å²) in [5, 5.41) is 8.00. The van der Waals surface area contributed by atoms with Gasteiger partial charge in [-0.05, 0) is 71.3 Å². The largest absolute Gasteiger partial charge is 0.366 e. The van der Waals surface area contributed by atoms with Crippen molar-refractivity contribution in [3.05, 3.63) is 82.9 Å². The number of rotatable bonds is 9. The number of aromatic nitrogens is 4. The third-order valence-corrected chi connectivity index (χ3v) is 8.20. The highest BCUT2D eigenvalue weighted by atomic mass is 79.9. The first kappa shape index (κ1) is 24.0. The molecule has 5 rings (SSSR count). The number of anilines is 1. The van der Waals surface area contributed by atoms with Gasteiger partial charge in [0.1, 0.15) is 11.6 Å². The van der Waals surface area contributed by atoms with Crippen LogP contribution in [0.5, 0.6) is 0 Å². The van der Waals surface area contributed by atoms with Crippen LogP contribution in [0.15, 0.2) is 76.5 Å². The zero-order valence-corrected chi connectivity index (χ0v) is 21.8. The van der Waals surface area contributed by atoms with Crippen molar-refractivity contribution < 1.29 is 4.79 Å². The number of hydrogen-bond acceptors (Lipinski definition) is 6. The second-order valence-corrected chi connectivity index (χ2v) is 11.0. The minimum atomic E-state index is 0.354. The quantitative estimate of drug-likeness (QED) is 0.239. The molecule has 1 aromatic carbocycles. The second-order valence-electron chi connectivity index (χ2n) is 9.07. The molecule has 0 bridgehead atoms. The third kappa shape index (κ3) is 6.11. The van der Waals surface area contributed by atoms with Crippen molar-refractivity contribution in [3.8, 4) is 0 Å². The zero-order chi connectivity index (χ0) is 24.0. The van der Waals surface area contributed by atoms with Crippen LogP contribution in [0.25, 0.3) is 5.65 Å². The molecule has 0 atom stereocenters. The Balaban J connectivity index is 1.20. The molecule has 0 spiro atoms. The average molecular weight is 551 g/mol. The predicted octanol–water partition coefficient (Wildman–Crippen LogP) is 6.52. The fourth-order valence-electron chi connectivity index (χ4n) is 4.71. The molecular weight excluding hydrogens is 522 g/mol. The SMILES string of the molecule is O=C(CSc1ccccc1)CC1CCC(c2cc(NCc3cccnc3)n3ncc(Br)c3n2)CC1. The summed E-state index contributed by atoms with van der Waals surface area (Å²) in [5.74, 6) is 2.71. The van der Waals surface area contributed by atoms with Crippen LogP contribution in [0.4, 0.5) is 5.82 Å². The summed E-state index contributed by atoms with van der Waals surface area (Å²) < 4.78 is 2.73. The van der Waals surface area contributed by atoms with Crippen LogP contribution in [-0.4, -0.2) is 31.1 Å². The van der Waals surface area contributed by atoms with Crippen molar-refractivity contribution >= 4 is 44.9 Å². The van der Waals surface area contributed by atoms with Crippen LogP contribution < -0.4 is 5.32 Å². The summed E-state index contributed by atoms with van der Waals surface area (Å²) in [6, 6.07) is 16.3. The highest BCUT2D eigenvalue weighted by Gasteiger charge is 2.26. The number of carbonyl (C=O) groups is 1. The van der Waals surface area contributed by atoms with Crippen LogP contribution >= 0.6 is 27.7 Å². The van der Waals surface area contributed by atoms with Gasteiger partial charge in [-0.1, -0.05) is 24.3 Å². The Kier molecular flexibility index (Phi) is 7.79. The number of halogens is 1. The number of pyridine rings is 1. The Bertz CT molecular complexity index is 1270. The molecule has 1 fully saturated rings. The van der Waals surface area contributed by atoms with Gasteiger partial charge in [-0.3, -0.25) is 9.78 Å². The number of ketones is 1. The van der Waals surface area contributed by atoms with Gasteiger partial charge in [0.05, 0.1) is 16.4 Å². The Morgan fingerprint density at radius 3 is 2.69 bits per heavy atom. The lowest BCUT2D eigenvalue weighted by molar-refractivity contribution is -0.117. The average Bonchev–Trinajstić information content (AvgIpc) is 3.28. The predicted molar refractivity (Wildman–Crippen MR) is 144 cm³/mol. The number of benzene rings is 1. The lowest BCUT2D eigenvalue weighted by atomic mass is 9.78. The maximum Gasteiger partial charge on any atom is 0.171 e. The maximum atomic E-state index is 12.6. The summed E-state index contributed by atoms with van der Waals surface area (Å²) in [4.78, 5) is 22.9. The number of thioether (sulfide) groups is 1. The summed E-state index contributed by atoms with van der Waals surface area (Å²) in [5.41, 5.74) is 3.03. The van der Waals surface area contributed by atoms with Gasteiger partial charge in [0.2, 0.25) is 0 Å². The molecule has 1 saturated carbocycles. The summed E-state index contributed by atoms with van der Waals surface area (Å²) in [6.45, 7) is 0.666. The van der Waals surface area contributed by atoms with E-state index in [1.54, 1.807) is 24.2 Å². The smallest absolute Gasteiger partial charge is 0.171 e. The van der Waals surface area contributed by atoms with E-state index in [9.17, 15) is 4.79 Å². The number of carbonyl (C=O) groups excluding carboxylic acids is 1. The summed E-state index contributed by atoms with van der Waals surface area (Å²) in [7, 11) is 0. The van der Waals surface area contributed by atoms with Gasteiger partial charge < -0.3 is 5.32 Å². The third-order valence-electron chi connectivity index (χ3n) is 6.57. The minimum absolute atomic E-state index is 0.354. The van der Waals surface area contributed by atoms with Crippen molar-refractivity contribution in [2.75, 3.05) is 11.1 Å². The topological polar surface area (TPSA) is 72.2 Å². The molecule has 4 aromatic rings. The van der Waals surface area contributed by atoms with Crippen molar-refractivity contribution in [1.29, 1.82) is 0 Å². The molecule has 0 amide bonds. The number of fused-ring (bicyclic) bond motifs is 1. The second kappa shape index (κ2) is 11.4. The van der Waals surface area contributed by atoms with E-state index in [1.807, 2.05) is 35.0 Å². The zero-order valence-electron chi connectivity index (χ0n) is 19.4. The van der Waals surface area contributed by atoms with Crippen LogP contribution in [0, 0.1) is 5.92 Å². The Hall–Kier alpha value is -2.71. The van der Waals surface area contributed by atoms with Crippen molar-refractivity contribution in [1.82, 2.24) is 19.6 Å². The molecule has 0 saturated heterocycles. The highest BCUT2D eigenvalue weighted by Crippen LogP contribution is 2.38. The van der Waals surface area contributed by atoms with E-state index in [2.05, 4.69) is 55.6 Å². The molecule has 3 heterocycles. The number of nitrogens with one attached hydrogen (secondary N) is 1. The lowest BCUT2D eigenvalue weighted by Gasteiger charge is -2.28. The molecule has 8 heteroatoms. The van der Waals surface area contributed by atoms with E-state index in [0.717, 1.165) is 57.8 Å². The van der Waals surface area contributed by atoms with E-state index < -0.39 is 0 Å². The monoisotopic (exact) mass is 549 g/mol. The molecule has 1 aliphatic carbocycles. The van der Waals surface area contributed by atoms with Crippen LogP contribution in [0.2, 0.25) is 0 Å². The van der Waals surface area contributed by atoms with Gasteiger partial charge >= 0.3 is 0 Å². The lowest BCUT2D eigenvalue weighted by Crippen LogP contribution is -2.18. The number of hydrogen-bond donors (Lipinski definition) is 1. The van der Waals surface area contributed by atoms with Crippen molar-refractivity contribution in [3.63, 3.8) is 0 Å². The fraction of sp³-hybridized carbons (Fsp3) is 0.333. The van der Waals surface area contributed by atoms with Crippen LogP contribution in [0.1, 0.15) is 49.3 Å². The van der Waals surface area contributed by atoms with Crippen LogP contribution in [-0.2, 0) is 11.3 Å². The number of Topliss-reactive ketones (excluding diaryl/α,β-unsaturated/α-hetero) is 1. The molecule has 6 nitrogen and oxygen atoms in total. The van der Waals surface area contributed by atoms with Crippen molar-refractivity contribution in [2.24, 2.45) is 5.92 Å². The van der Waals surface area contributed by atoms with E-state index in [4.69, 9.17) is 4.98 Å². The van der Waals surface area contributed by atoms with E-state index >= 15 is 0 Å². The van der Waals surface area contributed by atoms with E-state index in [-0.39, 0.29) is 0 Å². The first-order valence-electron chi connectivity index (χ1n) is 12.0. The van der Waals surface area contributed by atoms with Gasteiger partial charge in [-0.25, -0.2) is 4.98 Å². The molecule has 0 unspecified atom stereocenters. The molecule has 180 valence electrons. The molecule has 1 N–H and O–H groups in total. The van der Waals surface area contributed by atoms with Crippen molar-refractivity contribution in [2.45, 2.75) is 49.5 Å². The normalized spacial score (nSPS) is 18.0. The molecular formula is C27H28BrN5OS. The molecule has 3 aromatic heterocycles. The van der Waals surface area contributed by atoms with Gasteiger partial charge in [0.25, 0.3) is 0 Å². The molecule has 1 aliphatic rings. The number of nitrogens with zero attached hydrogens (tertiary/aromatic N) is 4. The van der Waals surface area contributed by atoms with E-state index in [0.29, 0.717) is 36.3 Å². The standard InChI is InChI=1S/C27H28BrN5OS/c28-24-17-31-33-26(30-16-20-5-4-12-29-15-20)14-25(32-27(24)33)21-10-8-19(9-11-21)13-22(34)18-35-23-6-2-1-3-7-23/h1-7,12,14-15,17,19,21,30H,8-11,13,16,18H2. The first-order valence-corrected chi connectivity index (χ1v) is 13.8. The first-order chi connectivity index (χ1) is 17.2. The Morgan fingerprint density at radius 1 is 1.09 bits per heavy atom. The van der Waals surface area contributed by atoms with Crippen LogP contribution in [0.3, 0.4) is 0 Å². The van der Waals surface area contributed by atoms with Gasteiger partial charge in [0.15, 0.2) is 5.65 Å². The molecule has 0 aliphatic heterocycles. The minimum Gasteiger partial charge on any atom is -0.366 e. The Morgan fingerprint density at radius 2 is 1.91 bits per heavy atom. The van der Waals surface area contributed by atoms with E-state index in [1.165, 1.54) is 0 Å². The van der Waals surface area contributed by atoms with Gasteiger partial charge in [-0.15, -0.1) is 11.8 Å².